The van der Waals surface area contributed by atoms with E-state index in [9.17, 15) is 0 Å². The van der Waals surface area contributed by atoms with E-state index < -0.39 is 0 Å². The number of hydrogen-bond acceptors (Lipinski definition) is 4. The number of benzene rings is 9. The molecule has 2 aromatic heterocycles. The van der Waals surface area contributed by atoms with E-state index in [1.54, 1.807) is 0 Å². The van der Waals surface area contributed by atoms with Crippen molar-refractivity contribution < 1.29 is 0 Å². The molecule has 0 unspecified atom stereocenters. The molecule has 11 aromatic rings. The van der Waals surface area contributed by atoms with E-state index in [-0.39, 0.29) is 0 Å². The van der Waals surface area contributed by atoms with Crippen LogP contribution in [0.2, 0.25) is 0 Å². The maximum absolute atomic E-state index is 5.23. The Balaban J connectivity index is 1.13. The summed E-state index contributed by atoms with van der Waals surface area (Å²) in [5.74, 6) is 2.00. The van der Waals surface area contributed by atoms with Gasteiger partial charge in [0.25, 0.3) is 0 Å². The average molecular weight is 680 g/mol. The van der Waals surface area contributed by atoms with Crippen LogP contribution >= 0.6 is 11.3 Å². The maximum atomic E-state index is 5.23. The highest BCUT2D eigenvalue weighted by molar-refractivity contribution is 7.26. The highest BCUT2D eigenvalue weighted by Gasteiger charge is 2.18. The molecule has 0 atom stereocenters. The van der Waals surface area contributed by atoms with Crippen molar-refractivity contribution >= 4 is 85.4 Å². The fourth-order valence-corrected chi connectivity index (χ4v) is 9.22. The number of nitrogens with zero attached hydrogens (tertiary/aromatic N) is 3. The van der Waals surface area contributed by atoms with Crippen LogP contribution in [-0.4, -0.2) is 15.0 Å². The van der Waals surface area contributed by atoms with Gasteiger partial charge in [-0.25, -0.2) is 15.0 Å². The summed E-state index contributed by atoms with van der Waals surface area (Å²) in [5, 5.41) is 14.8. The van der Waals surface area contributed by atoms with Crippen molar-refractivity contribution in [2.24, 2.45) is 0 Å². The van der Waals surface area contributed by atoms with Crippen LogP contribution in [0.15, 0.2) is 158 Å². The first-order valence-corrected chi connectivity index (χ1v) is 18.4. The Morgan fingerprint density at radius 2 is 0.827 bits per heavy atom. The van der Waals surface area contributed by atoms with Crippen LogP contribution in [0.25, 0.3) is 108 Å². The topological polar surface area (TPSA) is 38.7 Å². The number of aromatic nitrogens is 3. The molecule has 0 saturated carbocycles. The molecule has 0 aliphatic rings. The summed E-state index contributed by atoms with van der Waals surface area (Å²) in [6.45, 7) is 2.17. The summed E-state index contributed by atoms with van der Waals surface area (Å²) in [7, 11) is 0. The minimum Gasteiger partial charge on any atom is -0.208 e. The van der Waals surface area contributed by atoms with Crippen molar-refractivity contribution in [2.75, 3.05) is 0 Å². The van der Waals surface area contributed by atoms with Gasteiger partial charge in [-0.15, -0.1) is 11.3 Å². The van der Waals surface area contributed by atoms with E-state index in [4.69, 9.17) is 15.0 Å². The van der Waals surface area contributed by atoms with E-state index in [1.807, 2.05) is 11.3 Å². The van der Waals surface area contributed by atoms with Crippen LogP contribution in [0.5, 0.6) is 0 Å². The van der Waals surface area contributed by atoms with Gasteiger partial charge in [0.05, 0.1) is 0 Å². The predicted molar refractivity (Wildman–Crippen MR) is 221 cm³/mol. The Kier molecular flexibility index (Phi) is 6.34. The SMILES string of the molecule is Cc1cc2c(cc1-c1nc(-c3ccc4c(ccc5ccccc54)c3)nc(-c3ccc4c(ccc5ccccc54)c3)n1)sc1c3ccccc3ccc21. The predicted octanol–water partition coefficient (Wildman–Crippen LogP) is 13.3. The average Bonchev–Trinajstić information content (AvgIpc) is 3.57. The smallest absolute Gasteiger partial charge is 0.164 e. The second kappa shape index (κ2) is 11.3. The van der Waals surface area contributed by atoms with Gasteiger partial charge >= 0.3 is 0 Å². The molecule has 4 heteroatoms. The van der Waals surface area contributed by atoms with E-state index in [2.05, 4.69) is 165 Å². The maximum Gasteiger partial charge on any atom is 0.164 e. The van der Waals surface area contributed by atoms with E-state index >= 15 is 0 Å². The third-order valence-corrected chi connectivity index (χ3v) is 11.8. The second-order valence-electron chi connectivity index (χ2n) is 13.7. The molecule has 0 fully saturated rings. The summed E-state index contributed by atoms with van der Waals surface area (Å²) >= 11 is 1.84. The first kappa shape index (κ1) is 29.3. The van der Waals surface area contributed by atoms with Crippen LogP contribution in [-0.2, 0) is 0 Å². The molecule has 0 radical (unpaired) electrons. The van der Waals surface area contributed by atoms with Crippen LogP contribution in [0.1, 0.15) is 5.56 Å². The number of rotatable bonds is 3. The second-order valence-corrected chi connectivity index (χ2v) is 14.7. The molecule has 52 heavy (non-hydrogen) atoms. The number of hydrogen-bond donors (Lipinski definition) is 0. The lowest BCUT2D eigenvalue weighted by atomic mass is 9.99. The summed E-state index contributed by atoms with van der Waals surface area (Å²) in [5.41, 5.74) is 4.09. The van der Waals surface area contributed by atoms with Gasteiger partial charge in [-0.05, 0) is 90.6 Å². The Bertz CT molecular complexity index is 3130. The minimum absolute atomic E-state index is 0.662. The summed E-state index contributed by atoms with van der Waals surface area (Å²) in [6.07, 6.45) is 0. The molecule has 0 N–H and O–H groups in total. The Labute approximate surface area is 303 Å². The van der Waals surface area contributed by atoms with Crippen molar-refractivity contribution in [3.63, 3.8) is 0 Å². The normalized spacial score (nSPS) is 11.9. The van der Waals surface area contributed by atoms with Gasteiger partial charge in [-0.3, -0.25) is 0 Å². The Hall–Kier alpha value is -6.49. The molecule has 0 aliphatic carbocycles. The lowest BCUT2D eigenvalue weighted by molar-refractivity contribution is 1.07. The third-order valence-electron chi connectivity index (χ3n) is 10.6. The number of thiophene rings is 1. The van der Waals surface area contributed by atoms with Gasteiger partial charge in [-0.2, -0.15) is 0 Å². The Morgan fingerprint density at radius 1 is 0.365 bits per heavy atom. The molecule has 0 saturated heterocycles. The van der Waals surface area contributed by atoms with Gasteiger partial charge < -0.3 is 0 Å². The van der Waals surface area contributed by atoms with Gasteiger partial charge in [0.15, 0.2) is 17.5 Å². The van der Waals surface area contributed by atoms with Crippen LogP contribution in [0.4, 0.5) is 0 Å². The molecular weight excluding hydrogens is 651 g/mol. The van der Waals surface area contributed by atoms with Crippen molar-refractivity contribution in [3.05, 3.63) is 163 Å². The molecule has 0 spiro atoms. The highest BCUT2D eigenvalue weighted by Crippen LogP contribution is 2.41. The molecule has 0 aliphatic heterocycles. The molecule has 2 heterocycles. The lowest BCUT2D eigenvalue weighted by Crippen LogP contribution is -2.01. The molecule has 0 amide bonds. The fraction of sp³-hybridized carbons (Fsp3) is 0.0208. The molecule has 9 aromatic carbocycles. The van der Waals surface area contributed by atoms with Gasteiger partial charge in [0, 0.05) is 36.9 Å². The number of fused-ring (bicyclic) bond motifs is 11. The van der Waals surface area contributed by atoms with E-state index in [1.165, 1.54) is 63.3 Å². The monoisotopic (exact) mass is 679 g/mol. The van der Waals surface area contributed by atoms with Gasteiger partial charge in [0.2, 0.25) is 0 Å². The fourth-order valence-electron chi connectivity index (χ4n) is 7.96. The van der Waals surface area contributed by atoms with Gasteiger partial charge in [0.1, 0.15) is 0 Å². The Morgan fingerprint density at radius 3 is 1.44 bits per heavy atom. The summed E-state index contributed by atoms with van der Waals surface area (Å²) in [6, 6.07) is 56.7. The molecular formula is C48H29N3S. The lowest BCUT2D eigenvalue weighted by Gasteiger charge is -2.12. The largest absolute Gasteiger partial charge is 0.208 e. The van der Waals surface area contributed by atoms with Crippen molar-refractivity contribution in [3.8, 4) is 34.2 Å². The van der Waals surface area contributed by atoms with E-state index in [0.29, 0.717) is 17.5 Å². The summed E-state index contributed by atoms with van der Waals surface area (Å²) < 4.78 is 2.54. The van der Waals surface area contributed by atoms with Crippen LogP contribution in [0, 0.1) is 6.92 Å². The third kappa shape index (κ3) is 4.55. The zero-order valence-corrected chi connectivity index (χ0v) is 29.1. The van der Waals surface area contributed by atoms with E-state index in [0.717, 1.165) is 33.0 Å². The molecule has 11 rings (SSSR count). The first-order chi connectivity index (χ1) is 25.6. The van der Waals surface area contributed by atoms with Crippen LogP contribution in [0.3, 0.4) is 0 Å². The quantitative estimate of drug-likeness (QED) is 0.174. The van der Waals surface area contributed by atoms with Crippen molar-refractivity contribution in [2.45, 2.75) is 6.92 Å². The van der Waals surface area contributed by atoms with Crippen molar-refractivity contribution in [1.82, 2.24) is 15.0 Å². The molecule has 3 nitrogen and oxygen atoms in total. The zero-order valence-electron chi connectivity index (χ0n) is 28.3. The molecule has 0 bridgehead atoms. The summed E-state index contributed by atoms with van der Waals surface area (Å²) in [4.78, 5) is 15.6. The highest BCUT2D eigenvalue weighted by atomic mass is 32.1. The number of aryl methyl sites for hydroxylation is 1. The zero-order chi connectivity index (χ0) is 34.3. The molecule has 242 valence electrons. The minimum atomic E-state index is 0.662. The van der Waals surface area contributed by atoms with Gasteiger partial charge in [-0.1, -0.05) is 133 Å². The van der Waals surface area contributed by atoms with Crippen molar-refractivity contribution in [1.29, 1.82) is 0 Å². The van der Waals surface area contributed by atoms with Crippen LogP contribution < -0.4 is 0 Å². The first-order valence-electron chi connectivity index (χ1n) is 17.6. The standard InChI is InChI=1S/C48H29N3S/c1-28-24-43-41-23-18-31-10-4-7-13-40(31)45(41)52-44(43)27-42(28)48-50-46(34-19-21-38-32(25-34)16-14-29-8-2-5-11-36(29)38)49-47(51-48)35-20-22-39-33(26-35)17-15-30-9-3-6-12-37(30)39/h2-27H,1H3.